The molecule has 0 aliphatic rings. The average Bonchev–Trinajstić information content (AvgIpc) is 1.36. The molecule has 0 fully saturated rings. The van der Waals surface area contributed by atoms with Crippen molar-refractivity contribution in [2.75, 3.05) is 0 Å². The molecule has 0 atom stereocenters. The van der Waals surface area contributed by atoms with E-state index in [1.807, 2.05) is 6.79 Å². The molecule has 10 heavy (non-hydrogen) atoms. The molecule has 12 N–H and O–H groups in total. The van der Waals surface area contributed by atoms with Crippen LogP contribution < -0.4 is 33.1 Å². The van der Waals surface area contributed by atoms with Gasteiger partial charge in [0.15, 0.2) is 0 Å². The van der Waals surface area contributed by atoms with Gasteiger partial charge >= 0.3 is 0 Å². The van der Waals surface area contributed by atoms with Crippen molar-refractivity contribution in [3.8, 4) is 0 Å². The van der Waals surface area contributed by atoms with E-state index >= 15 is 0 Å². The van der Waals surface area contributed by atoms with E-state index < -0.39 is 7.82 Å². The van der Waals surface area contributed by atoms with Gasteiger partial charge in [-0.05, 0) is 0 Å². The zero-order valence-electron chi connectivity index (χ0n) is 6.20. The van der Waals surface area contributed by atoms with Gasteiger partial charge in [-0.1, -0.05) is 0 Å². The minimum absolute atomic E-state index is 0. The summed E-state index contributed by atoms with van der Waals surface area (Å²) >= 11 is 0. The second-order valence-corrected chi connectivity index (χ2v) is 1.34. The Bertz CT molecular complexity index is 72.7. The molecule has 0 spiro atoms. The van der Waals surface area contributed by atoms with Crippen molar-refractivity contribution >= 4 is 14.6 Å². The van der Waals surface area contributed by atoms with Crippen molar-refractivity contribution in [3.05, 3.63) is 0 Å². The zero-order valence-corrected chi connectivity index (χ0v) is 7.09. The molecule has 0 saturated carbocycles. The lowest BCUT2D eigenvalue weighted by Gasteiger charge is -2.36. The summed E-state index contributed by atoms with van der Waals surface area (Å²) in [5.41, 5.74) is 0. The van der Waals surface area contributed by atoms with Crippen LogP contribution >= 0.6 is 7.82 Å². The second-order valence-electron chi connectivity index (χ2n) is 0.447. The van der Waals surface area contributed by atoms with Crippen molar-refractivity contribution in [2.45, 2.75) is 0 Å². The summed E-state index contributed by atoms with van der Waals surface area (Å²) in [7, 11) is -5.39. The lowest BCUT2D eigenvalue weighted by Crippen LogP contribution is -2.24. The maximum Gasteiger partial charge on any atom is 0.106 e. The van der Waals surface area contributed by atoms with Crippen LogP contribution in [0.3, 0.4) is 0 Å². The molecule has 8 nitrogen and oxygen atoms in total. The van der Waals surface area contributed by atoms with E-state index in [1.165, 1.54) is 0 Å². The van der Waals surface area contributed by atoms with Crippen LogP contribution in [0.25, 0.3) is 0 Å². The van der Waals surface area contributed by atoms with E-state index in [9.17, 15) is 0 Å². The molecule has 0 amide bonds. The zero-order chi connectivity index (χ0) is 6.50. The van der Waals surface area contributed by atoms with Gasteiger partial charge < -0.3 is 42.5 Å². The molecule has 0 bridgehead atoms. The first-order valence-electron chi connectivity index (χ1n) is 1.02. The van der Waals surface area contributed by atoms with Crippen molar-refractivity contribution in [2.24, 2.45) is 0 Å². The minimum Gasteiger partial charge on any atom is -0.822 e. The Balaban J connectivity index is -0.0000000154. The molecule has 0 saturated heterocycles. The highest BCUT2D eigenvalue weighted by Crippen LogP contribution is 2.03. The van der Waals surface area contributed by atoms with Crippen LogP contribution in [0.15, 0.2) is 0 Å². The third kappa shape index (κ3) is 2940. The SMILES string of the molecule is C=O.O=P([O-])([O-])[O-].[NH4+].[NH4+].[NH4+]. The van der Waals surface area contributed by atoms with Crippen molar-refractivity contribution in [3.63, 3.8) is 0 Å². The summed E-state index contributed by atoms with van der Waals surface area (Å²) in [4.78, 5) is 33.6. The number of quaternary nitrogens is 3. The van der Waals surface area contributed by atoms with Gasteiger partial charge in [0.2, 0.25) is 0 Å². The first-order valence-corrected chi connectivity index (χ1v) is 2.48. The normalized spacial score (nSPS) is 6.30. The summed E-state index contributed by atoms with van der Waals surface area (Å²) in [6.07, 6.45) is 0. The van der Waals surface area contributed by atoms with Crippen molar-refractivity contribution in [1.29, 1.82) is 0 Å². The Kier molecular flexibility index (Phi) is 52.9. The largest absolute Gasteiger partial charge is 0.822 e. The first-order chi connectivity index (χ1) is 3.00. The number of carbonyl (C=O) groups is 1. The van der Waals surface area contributed by atoms with Gasteiger partial charge in [-0.15, -0.1) is 0 Å². The average molecular weight is 179 g/mol. The fourth-order valence-corrected chi connectivity index (χ4v) is 0. The number of phosphoric acid groups is 1. The second kappa shape index (κ2) is 15.9. The van der Waals surface area contributed by atoms with E-state index in [1.54, 1.807) is 0 Å². The van der Waals surface area contributed by atoms with Crippen LogP contribution in [-0.2, 0) is 9.36 Å². The van der Waals surface area contributed by atoms with E-state index in [-0.39, 0.29) is 18.5 Å². The van der Waals surface area contributed by atoms with Crippen LogP contribution in [-0.4, -0.2) is 6.79 Å². The lowest BCUT2D eigenvalue weighted by molar-refractivity contribution is -0.432. The highest BCUT2D eigenvalue weighted by atomic mass is 31.2. The molecule has 0 aliphatic carbocycles. The third-order valence-electron chi connectivity index (χ3n) is 0. The van der Waals surface area contributed by atoms with Crippen LogP contribution in [0.5, 0.6) is 0 Å². The van der Waals surface area contributed by atoms with E-state index in [0.717, 1.165) is 0 Å². The first kappa shape index (κ1) is 33.4. The quantitative estimate of drug-likeness (QED) is 0.362. The van der Waals surface area contributed by atoms with Crippen LogP contribution in [0, 0.1) is 0 Å². The van der Waals surface area contributed by atoms with Gasteiger partial charge in [0.05, 0.1) is 0 Å². The molecule has 68 valence electrons. The highest BCUT2D eigenvalue weighted by molar-refractivity contribution is 7.40. The molecule has 0 aromatic carbocycles. The number of hydrogen-bond acceptors (Lipinski definition) is 5. The fraction of sp³-hybridized carbons (Fsp3) is 0. The molecule has 9 heteroatoms. The van der Waals surface area contributed by atoms with Gasteiger partial charge in [-0.2, -0.15) is 7.82 Å². The molecule has 0 radical (unpaired) electrons. The van der Waals surface area contributed by atoms with E-state index in [2.05, 4.69) is 0 Å². The molecule has 0 aromatic heterocycles. The van der Waals surface area contributed by atoms with E-state index in [0.29, 0.717) is 0 Å². The number of carbonyl (C=O) groups excluding carboxylic acids is 1. The van der Waals surface area contributed by atoms with Crippen molar-refractivity contribution < 1.29 is 24.0 Å². The van der Waals surface area contributed by atoms with Gasteiger partial charge in [0, 0.05) is 0 Å². The number of hydrogen-bond donors (Lipinski definition) is 3. The van der Waals surface area contributed by atoms with Gasteiger partial charge in [-0.25, -0.2) is 0 Å². The maximum atomic E-state index is 8.55. The Hall–Kier alpha value is -0.340. The standard InChI is InChI=1S/CH2O.3H3N.H3O4P/c1-2;;;;1-5(2,3)4/h1H2;3*1H3;(H3,1,2,3,4). The molecular formula is CH14N3O5P. The predicted molar refractivity (Wildman–Crippen MR) is 32.7 cm³/mol. The summed E-state index contributed by atoms with van der Waals surface area (Å²) < 4.78 is 8.55. The smallest absolute Gasteiger partial charge is 0.106 e. The van der Waals surface area contributed by atoms with Gasteiger partial charge in [-0.3, -0.25) is 0 Å². The lowest BCUT2D eigenvalue weighted by atomic mass is 11.9. The summed E-state index contributed by atoms with van der Waals surface area (Å²) in [6, 6.07) is 0. The third-order valence-corrected chi connectivity index (χ3v) is 0. The number of rotatable bonds is 0. The summed E-state index contributed by atoms with van der Waals surface area (Å²) in [5, 5.41) is 0. The van der Waals surface area contributed by atoms with Crippen LogP contribution in [0.1, 0.15) is 0 Å². The van der Waals surface area contributed by atoms with Gasteiger partial charge in [0.25, 0.3) is 0 Å². The molecule has 0 aliphatic heterocycles. The Morgan fingerprint density at radius 3 is 0.900 bits per heavy atom. The van der Waals surface area contributed by atoms with Crippen LogP contribution in [0.4, 0.5) is 0 Å². The van der Waals surface area contributed by atoms with Gasteiger partial charge in [0.1, 0.15) is 6.79 Å². The van der Waals surface area contributed by atoms with E-state index in [4.69, 9.17) is 24.0 Å². The Morgan fingerprint density at radius 2 is 0.900 bits per heavy atom. The summed E-state index contributed by atoms with van der Waals surface area (Å²) in [6.45, 7) is 2.00. The molecule has 0 rings (SSSR count). The van der Waals surface area contributed by atoms with Crippen molar-refractivity contribution in [1.82, 2.24) is 18.5 Å². The monoisotopic (exact) mass is 179 g/mol. The van der Waals surface area contributed by atoms with Crippen LogP contribution in [0.2, 0.25) is 0 Å². The molecule has 0 unspecified atom stereocenters. The highest BCUT2D eigenvalue weighted by Gasteiger charge is 1.44. The molecule has 0 heterocycles. The Morgan fingerprint density at radius 1 is 0.900 bits per heavy atom. The molecular weight excluding hydrogens is 165 g/mol. The predicted octanol–water partition coefficient (Wildman–Crippen LogP) is -1.88. The maximum absolute atomic E-state index is 8.55. The molecule has 0 aromatic rings. The minimum atomic E-state index is -5.39. The topological polar surface area (TPSA) is 213 Å². The Labute approximate surface area is 58.2 Å². The summed E-state index contributed by atoms with van der Waals surface area (Å²) in [5.74, 6) is 0. The fourth-order valence-electron chi connectivity index (χ4n) is 0.